The number of ether oxygens (including phenoxy) is 2. The summed E-state index contributed by atoms with van der Waals surface area (Å²) in [6.45, 7) is 11.5. The fourth-order valence-corrected chi connectivity index (χ4v) is 5.82. The Labute approximate surface area is 376 Å². The molecule has 0 saturated heterocycles. The molecule has 0 heterocycles. The van der Waals surface area contributed by atoms with E-state index in [1.807, 2.05) is 12.1 Å². The monoisotopic (exact) mass is 897 g/mol. The van der Waals surface area contributed by atoms with Crippen LogP contribution >= 0.6 is 0 Å². The van der Waals surface area contributed by atoms with Crippen LogP contribution < -0.4 is 19.3 Å². The summed E-state index contributed by atoms with van der Waals surface area (Å²) in [7, 11) is 3.20. The van der Waals surface area contributed by atoms with Gasteiger partial charge in [0.2, 0.25) is 0 Å². The first kappa shape index (κ1) is 48.3. The zero-order valence-corrected chi connectivity index (χ0v) is 36.8. The molecule has 17 heteroatoms. The molecule has 0 aromatic heterocycles. The number of azo groups is 4. The molecule has 0 aliphatic carbocycles. The van der Waals surface area contributed by atoms with Crippen molar-refractivity contribution in [1.29, 1.82) is 0 Å². The third-order valence-electron chi connectivity index (χ3n) is 9.33. The van der Waals surface area contributed by atoms with Crippen molar-refractivity contribution in [3.63, 3.8) is 0 Å². The molecule has 6 aromatic rings. The average molecular weight is 898 g/mol. The zero-order valence-electron chi connectivity index (χ0n) is 35.8. The van der Waals surface area contributed by atoms with Crippen LogP contribution in [-0.4, -0.2) is 60.8 Å². The SMILES string of the molecule is CCN(CC)c1ccc(N=Nc2cc(N=Nc3ccc(OC)cc3)ccc2O)c(O)c1.CCN(CC)c1ccc(N=Nc2cc(N=Nc3ccc(OC)cc3)ccc2O)c(O)c1.[Co]. The molecular formula is C46H50CoN10O6. The molecule has 6 aromatic carbocycles. The first-order valence-electron chi connectivity index (χ1n) is 19.8. The molecule has 0 aliphatic rings. The number of phenolic OH excluding ortho intramolecular Hbond substituents is 4. The van der Waals surface area contributed by atoms with Gasteiger partial charge in [0.25, 0.3) is 0 Å². The number of rotatable bonds is 16. The van der Waals surface area contributed by atoms with Gasteiger partial charge >= 0.3 is 0 Å². The summed E-state index contributed by atoms with van der Waals surface area (Å²) in [6.07, 6.45) is 0. The van der Waals surface area contributed by atoms with E-state index in [0.717, 1.165) is 49.1 Å². The van der Waals surface area contributed by atoms with Crippen LogP contribution in [0.15, 0.2) is 162 Å². The van der Waals surface area contributed by atoms with Crippen LogP contribution in [0.3, 0.4) is 0 Å². The van der Waals surface area contributed by atoms with E-state index in [2.05, 4.69) is 78.4 Å². The fourth-order valence-electron chi connectivity index (χ4n) is 5.82. The summed E-state index contributed by atoms with van der Waals surface area (Å²) in [5.41, 5.74) is 5.20. The number of methoxy groups -OCH3 is 2. The number of benzene rings is 6. The number of aromatic hydroxyl groups is 4. The van der Waals surface area contributed by atoms with Crippen molar-refractivity contribution < 1.29 is 46.7 Å². The van der Waals surface area contributed by atoms with Gasteiger partial charge in [0.1, 0.15) is 57.2 Å². The number of nitrogens with zero attached hydrogens (tertiary/aromatic N) is 10. The van der Waals surface area contributed by atoms with Gasteiger partial charge in [0.15, 0.2) is 0 Å². The smallest absolute Gasteiger partial charge is 0.145 e. The topological polar surface area (TPSA) is 205 Å². The van der Waals surface area contributed by atoms with Crippen molar-refractivity contribution >= 4 is 56.9 Å². The fraction of sp³-hybridized carbons (Fsp3) is 0.217. The molecule has 16 nitrogen and oxygen atoms in total. The van der Waals surface area contributed by atoms with Gasteiger partial charge < -0.3 is 39.7 Å². The van der Waals surface area contributed by atoms with E-state index >= 15 is 0 Å². The summed E-state index contributed by atoms with van der Waals surface area (Å²) in [5, 5.41) is 73.8. The zero-order chi connectivity index (χ0) is 44.4. The molecule has 0 saturated carbocycles. The van der Waals surface area contributed by atoms with E-state index in [1.165, 1.54) is 12.1 Å². The maximum absolute atomic E-state index is 10.3. The van der Waals surface area contributed by atoms with E-state index in [1.54, 1.807) is 111 Å². The summed E-state index contributed by atoms with van der Waals surface area (Å²) >= 11 is 0. The Balaban J connectivity index is 0.000000272. The molecule has 0 bridgehead atoms. The third-order valence-corrected chi connectivity index (χ3v) is 9.33. The number of anilines is 2. The summed E-state index contributed by atoms with van der Waals surface area (Å²) in [5.74, 6) is 1.41. The van der Waals surface area contributed by atoms with Crippen LogP contribution in [0.1, 0.15) is 27.7 Å². The molecule has 0 fully saturated rings. The van der Waals surface area contributed by atoms with Gasteiger partial charge in [-0.3, -0.25) is 0 Å². The Morgan fingerprint density at radius 3 is 1.00 bits per heavy atom. The van der Waals surface area contributed by atoms with Crippen LogP contribution in [-0.2, 0) is 16.8 Å². The molecule has 0 spiro atoms. The Bertz CT molecular complexity index is 2340. The van der Waals surface area contributed by atoms with Gasteiger partial charge in [-0.05, 0) is 137 Å². The first-order valence-corrected chi connectivity index (χ1v) is 19.8. The van der Waals surface area contributed by atoms with Crippen LogP contribution in [0.4, 0.5) is 56.9 Å². The Kier molecular flexibility index (Phi) is 18.5. The summed E-state index contributed by atoms with van der Waals surface area (Å²) < 4.78 is 10.2. The normalized spacial score (nSPS) is 11.1. The maximum Gasteiger partial charge on any atom is 0.145 e. The Morgan fingerprint density at radius 1 is 0.365 bits per heavy atom. The first-order chi connectivity index (χ1) is 30.1. The van der Waals surface area contributed by atoms with Gasteiger partial charge in [0, 0.05) is 66.5 Å². The van der Waals surface area contributed by atoms with Crippen molar-refractivity contribution in [2.24, 2.45) is 40.9 Å². The number of hydrogen-bond donors (Lipinski definition) is 4. The molecule has 0 amide bonds. The number of phenols is 4. The third kappa shape index (κ3) is 13.8. The van der Waals surface area contributed by atoms with Gasteiger partial charge in [-0.2, -0.15) is 20.5 Å². The van der Waals surface area contributed by atoms with Crippen molar-refractivity contribution in [2.45, 2.75) is 27.7 Å². The van der Waals surface area contributed by atoms with E-state index in [0.29, 0.717) is 34.1 Å². The van der Waals surface area contributed by atoms with E-state index < -0.39 is 0 Å². The molecule has 0 unspecified atom stereocenters. The van der Waals surface area contributed by atoms with Crippen molar-refractivity contribution in [3.8, 4) is 34.5 Å². The minimum Gasteiger partial charge on any atom is -0.506 e. The second kappa shape index (κ2) is 24.2. The quantitative estimate of drug-likeness (QED) is 0.0686. The summed E-state index contributed by atoms with van der Waals surface area (Å²) in [4.78, 5) is 4.23. The minimum atomic E-state index is -0.0496. The van der Waals surface area contributed by atoms with Crippen molar-refractivity contribution in [3.05, 3.63) is 121 Å². The van der Waals surface area contributed by atoms with Crippen LogP contribution in [0.2, 0.25) is 0 Å². The molecule has 4 N–H and O–H groups in total. The van der Waals surface area contributed by atoms with E-state index in [4.69, 9.17) is 9.47 Å². The standard InChI is InChI=1S/2C23H25N5O3.Co/c2*1-4-28(5-2)18-9-12-20(23(30)15-18)26-27-21-14-17(8-13-22(21)29)25-24-16-6-10-19(31-3)11-7-16;/h2*6-15,29-30H,4-5H2,1-3H3;. The van der Waals surface area contributed by atoms with Gasteiger partial charge in [-0.15, -0.1) is 20.5 Å². The largest absolute Gasteiger partial charge is 0.506 e. The van der Waals surface area contributed by atoms with Crippen LogP contribution in [0, 0.1) is 0 Å². The Hall–Kier alpha value is -7.37. The average Bonchev–Trinajstić information content (AvgIpc) is 3.30. The van der Waals surface area contributed by atoms with Gasteiger partial charge in [0.05, 0.1) is 37.0 Å². The predicted octanol–water partition coefficient (Wildman–Crippen LogP) is 13.6. The molecule has 0 aliphatic heterocycles. The van der Waals surface area contributed by atoms with Gasteiger partial charge in [-0.25, -0.2) is 0 Å². The molecular weight excluding hydrogens is 848 g/mol. The second-order valence-corrected chi connectivity index (χ2v) is 13.2. The minimum absolute atomic E-state index is 0. The second-order valence-electron chi connectivity index (χ2n) is 13.2. The molecule has 329 valence electrons. The van der Waals surface area contributed by atoms with Crippen molar-refractivity contribution in [2.75, 3.05) is 50.2 Å². The van der Waals surface area contributed by atoms with Crippen molar-refractivity contribution in [1.82, 2.24) is 0 Å². The van der Waals surface area contributed by atoms with E-state index in [-0.39, 0.29) is 51.2 Å². The molecule has 63 heavy (non-hydrogen) atoms. The number of hydrogen-bond acceptors (Lipinski definition) is 16. The molecule has 1 radical (unpaired) electrons. The molecule has 0 atom stereocenters. The van der Waals surface area contributed by atoms with Gasteiger partial charge in [-0.1, -0.05) is 0 Å². The predicted molar refractivity (Wildman–Crippen MR) is 242 cm³/mol. The Morgan fingerprint density at radius 2 is 0.683 bits per heavy atom. The summed E-state index contributed by atoms with van der Waals surface area (Å²) in [6, 6.07) is 34.1. The van der Waals surface area contributed by atoms with Crippen LogP contribution in [0.25, 0.3) is 0 Å². The van der Waals surface area contributed by atoms with Crippen LogP contribution in [0.5, 0.6) is 34.5 Å². The van der Waals surface area contributed by atoms with E-state index in [9.17, 15) is 20.4 Å². The molecule has 6 rings (SSSR count). The maximum atomic E-state index is 10.3.